The Morgan fingerprint density at radius 1 is 1.15 bits per heavy atom. The standard InChI is InChI=1S/C24H29N3O4S.Na.H/c1-17-21(16-32(28)23-26-19-7-3-4-8-20(19)27-23)25-12-9-22(17)29-13-18-14-30-24(31-15-18)10-5-2-6-11-24;;/h3-4,7-9,12,18H,2,5-6,10-11,13-16H2,1H3,(H,26,27);;. The summed E-state index contributed by atoms with van der Waals surface area (Å²) < 4.78 is 31.3. The molecule has 1 saturated heterocycles. The van der Waals surface area contributed by atoms with Gasteiger partial charge >= 0.3 is 34.7 Å². The van der Waals surface area contributed by atoms with E-state index >= 15 is 0 Å². The normalized spacial score (nSPS) is 19.3. The fourth-order valence-electron chi connectivity index (χ4n) is 4.40. The number of ether oxygens (including phenoxy) is 3. The molecule has 7 nitrogen and oxygen atoms in total. The summed E-state index contributed by atoms with van der Waals surface area (Å²) in [6.45, 7) is 3.80. The number of imidazole rings is 1. The number of para-hydroxylation sites is 2. The molecular formula is C24H30N3NaO4S. The number of hydrogen-bond acceptors (Lipinski definition) is 6. The van der Waals surface area contributed by atoms with Crippen molar-refractivity contribution in [3.63, 3.8) is 0 Å². The third-order valence-electron chi connectivity index (χ3n) is 6.36. The van der Waals surface area contributed by atoms with Crippen molar-refractivity contribution in [2.24, 2.45) is 5.92 Å². The van der Waals surface area contributed by atoms with E-state index in [2.05, 4.69) is 15.0 Å². The van der Waals surface area contributed by atoms with Crippen molar-refractivity contribution < 1.29 is 18.8 Å². The van der Waals surface area contributed by atoms with Crippen LogP contribution in [0, 0.1) is 12.8 Å². The molecule has 1 aliphatic heterocycles. The molecule has 1 aliphatic carbocycles. The van der Waals surface area contributed by atoms with E-state index in [1.165, 1.54) is 19.3 Å². The van der Waals surface area contributed by atoms with E-state index < -0.39 is 11.2 Å². The molecule has 1 unspecified atom stereocenters. The van der Waals surface area contributed by atoms with E-state index in [1.54, 1.807) is 6.20 Å². The van der Waals surface area contributed by atoms with Crippen molar-refractivity contribution in [2.45, 2.75) is 55.7 Å². The van der Waals surface area contributed by atoms with Gasteiger partial charge in [-0.15, -0.1) is 0 Å². The van der Waals surface area contributed by atoms with Crippen LogP contribution < -0.4 is 4.74 Å². The summed E-state index contributed by atoms with van der Waals surface area (Å²) >= 11 is -1.33. The first-order valence-corrected chi connectivity index (χ1v) is 12.6. The average molecular weight is 480 g/mol. The fraction of sp³-hybridized carbons (Fsp3) is 0.500. The van der Waals surface area contributed by atoms with Crippen molar-refractivity contribution in [1.29, 1.82) is 0 Å². The second kappa shape index (κ2) is 11.1. The second-order valence-corrected chi connectivity index (χ2v) is 10.1. The summed E-state index contributed by atoms with van der Waals surface area (Å²) in [4.78, 5) is 12.0. The van der Waals surface area contributed by atoms with Crippen LogP contribution in [0.5, 0.6) is 5.75 Å². The van der Waals surface area contributed by atoms with Crippen LogP contribution in [0.2, 0.25) is 0 Å². The van der Waals surface area contributed by atoms with E-state index in [4.69, 9.17) is 14.2 Å². The Morgan fingerprint density at radius 3 is 2.67 bits per heavy atom. The summed E-state index contributed by atoms with van der Waals surface area (Å²) in [6, 6.07) is 9.53. The van der Waals surface area contributed by atoms with Gasteiger partial charge in [-0.3, -0.25) is 9.97 Å². The summed E-state index contributed by atoms with van der Waals surface area (Å²) in [5.41, 5.74) is 3.34. The minimum atomic E-state index is -1.33. The molecule has 33 heavy (non-hydrogen) atoms. The van der Waals surface area contributed by atoms with E-state index in [0.717, 1.165) is 40.9 Å². The van der Waals surface area contributed by atoms with Crippen LogP contribution in [0.3, 0.4) is 0 Å². The van der Waals surface area contributed by atoms with Crippen LogP contribution in [-0.2, 0) is 26.4 Å². The molecule has 2 aromatic heterocycles. The van der Waals surface area contributed by atoms with Gasteiger partial charge in [0.25, 0.3) is 0 Å². The molecule has 0 radical (unpaired) electrons. The zero-order valence-electron chi connectivity index (χ0n) is 18.3. The van der Waals surface area contributed by atoms with Gasteiger partial charge < -0.3 is 18.8 Å². The van der Waals surface area contributed by atoms with Crippen molar-refractivity contribution in [3.8, 4) is 5.75 Å². The fourth-order valence-corrected chi connectivity index (χ4v) is 5.50. The number of H-pyrrole nitrogens is 1. The molecule has 3 aromatic rings. The number of benzene rings is 1. The molecule has 0 amide bonds. The summed E-state index contributed by atoms with van der Waals surface area (Å²) in [6.07, 6.45) is 7.32. The maximum absolute atomic E-state index is 12.9. The molecule has 1 aromatic carbocycles. The van der Waals surface area contributed by atoms with E-state index in [0.29, 0.717) is 25.0 Å². The molecular weight excluding hydrogens is 449 g/mol. The molecule has 2 aliphatic rings. The number of rotatable bonds is 6. The van der Waals surface area contributed by atoms with Gasteiger partial charge in [0.2, 0.25) is 0 Å². The zero-order chi connectivity index (χ0) is 22.0. The molecule has 5 rings (SSSR count). The van der Waals surface area contributed by atoms with Crippen LogP contribution in [0.1, 0.15) is 43.4 Å². The number of hydrogen-bond donors (Lipinski definition) is 1. The van der Waals surface area contributed by atoms with Crippen LogP contribution in [-0.4, -0.2) is 74.7 Å². The monoisotopic (exact) mass is 479 g/mol. The third-order valence-corrected chi connectivity index (χ3v) is 7.52. The summed E-state index contributed by atoms with van der Waals surface area (Å²) in [7, 11) is 0. The van der Waals surface area contributed by atoms with Gasteiger partial charge in [-0.2, -0.15) is 4.98 Å². The Kier molecular flexibility index (Phi) is 8.38. The van der Waals surface area contributed by atoms with Gasteiger partial charge in [0.1, 0.15) is 5.75 Å². The predicted octanol–water partition coefficient (Wildman–Crippen LogP) is 3.63. The first-order chi connectivity index (χ1) is 15.6. The molecule has 1 spiro atoms. The number of aromatic nitrogens is 3. The van der Waals surface area contributed by atoms with Crippen LogP contribution in [0.25, 0.3) is 11.0 Å². The molecule has 1 N–H and O–H groups in total. The van der Waals surface area contributed by atoms with Gasteiger partial charge in [-0.1, -0.05) is 18.6 Å². The quantitative estimate of drug-likeness (QED) is 0.429. The maximum atomic E-state index is 12.9. The second-order valence-electron chi connectivity index (χ2n) is 8.70. The Hall–Kier alpha value is -1.13. The molecule has 2 fully saturated rings. The Labute approximate surface area is 219 Å². The number of aromatic amines is 1. The number of pyridine rings is 1. The van der Waals surface area contributed by atoms with Crippen LogP contribution in [0.15, 0.2) is 41.7 Å². The van der Waals surface area contributed by atoms with Gasteiger partial charge in [0, 0.05) is 41.7 Å². The number of nitrogens with zero attached hydrogens (tertiary/aromatic N) is 2. The number of nitrogens with one attached hydrogen (secondary N) is 1. The Balaban J connectivity index is 0.00000259. The third kappa shape index (κ3) is 5.75. The first kappa shape index (κ1) is 25.0. The van der Waals surface area contributed by atoms with Crippen molar-refractivity contribution in [1.82, 2.24) is 15.0 Å². The zero-order valence-corrected chi connectivity index (χ0v) is 19.2. The number of fused-ring (bicyclic) bond motifs is 1. The van der Waals surface area contributed by atoms with Crippen LogP contribution in [0.4, 0.5) is 0 Å². The summed E-state index contributed by atoms with van der Waals surface area (Å²) in [5.74, 6) is 0.883. The Morgan fingerprint density at radius 2 is 1.91 bits per heavy atom. The SMILES string of the molecule is Cc1c(OCC2COC3(CCCCC3)OC2)ccnc1C[S+]([O-])c1nc2ccccc2[nH]1.[NaH]. The minimum absolute atomic E-state index is 0. The van der Waals surface area contributed by atoms with Gasteiger partial charge in [0.05, 0.1) is 36.5 Å². The van der Waals surface area contributed by atoms with Gasteiger partial charge in [-0.25, -0.2) is 0 Å². The van der Waals surface area contributed by atoms with Crippen molar-refractivity contribution in [3.05, 3.63) is 47.8 Å². The predicted molar refractivity (Wildman–Crippen MR) is 129 cm³/mol. The van der Waals surface area contributed by atoms with Gasteiger partial charge in [-0.05, 0) is 38.0 Å². The molecule has 9 heteroatoms. The van der Waals surface area contributed by atoms with E-state index in [-0.39, 0.29) is 47.0 Å². The summed E-state index contributed by atoms with van der Waals surface area (Å²) in [5, 5.41) is 0.465. The molecule has 172 valence electrons. The van der Waals surface area contributed by atoms with E-state index in [9.17, 15) is 4.55 Å². The van der Waals surface area contributed by atoms with Crippen molar-refractivity contribution in [2.75, 3.05) is 19.8 Å². The van der Waals surface area contributed by atoms with E-state index in [1.807, 2.05) is 37.3 Å². The van der Waals surface area contributed by atoms with Crippen LogP contribution >= 0.6 is 0 Å². The van der Waals surface area contributed by atoms with Gasteiger partial charge in [0.15, 0.2) is 11.5 Å². The topological polar surface area (TPSA) is 92.3 Å². The van der Waals surface area contributed by atoms with Crippen molar-refractivity contribution >= 4 is 51.8 Å². The molecule has 1 atom stereocenters. The molecule has 3 heterocycles. The molecule has 0 bridgehead atoms. The Bertz CT molecular complexity index is 1030. The molecule has 1 saturated carbocycles. The first-order valence-electron chi connectivity index (χ1n) is 11.3. The average Bonchev–Trinajstić information content (AvgIpc) is 3.26.